The highest BCUT2D eigenvalue weighted by molar-refractivity contribution is 9.10. The predicted molar refractivity (Wildman–Crippen MR) is 56.6 cm³/mol. The first-order chi connectivity index (χ1) is 7.11. The highest BCUT2D eigenvalue weighted by Crippen LogP contribution is 2.12. The molecule has 82 valence electrons. The lowest BCUT2D eigenvalue weighted by atomic mass is 10.5. The van der Waals surface area contributed by atoms with E-state index < -0.39 is 6.09 Å². The van der Waals surface area contributed by atoms with Gasteiger partial charge < -0.3 is 20.8 Å². The fourth-order valence-electron chi connectivity index (χ4n) is 0.827. The fourth-order valence-corrected chi connectivity index (χ4v) is 1.18. The average Bonchev–Trinajstić information content (AvgIpc) is 2.18. The Balaban J connectivity index is 2.48. The summed E-state index contributed by atoms with van der Waals surface area (Å²) in [6, 6.07) is 0. The third-order valence-electron chi connectivity index (χ3n) is 1.44. The Bertz CT molecular complexity index is 405. The molecule has 4 N–H and O–H groups in total. The molecule has 0 atom stereocenters. The van der Waals surface area contributed by atoms with E-state index in [0.29, 0.717) is 16.8 Å². The lowest BCUT2D eigenvalue weighted by Crippen LogP contribution is -2.20. The van der Waals surface area contributed by atoms with Crippen LogP contribution in [0.5, 0.6) is 0 Å². The number of aromatic amines is 1. The number of nitrogens with two attached hydrogens (primary N) is 1. The molecule has 0 aliphatic carbocycles. The van der Waals surface area contributed by atoms with E-state index >= 15 is 0 Å². The van der Waals surface area contributed by atoms with Gasteiger partial charge in [0.1, 0.15) is 16.9 Å². The van der Waals surface area contributed by atoms with Gasteiger partial charge in [0, 0.05) is 0 Å². The minimum absolute atomic E-state index is 0.107. The molecule has 0 saturated heterocycles. The van der Waals surface area contributed by atoms with Gasteiger partial charge in [0.25, 0.3) is 5.56 Å². The summed E-state index contributed by atoms with van der Waals surface area (Å²) in [5.41, 5.74) is 4.47. The van der Waals surface area contributed by atoms with E-state index in [-0.39, 0.29) is 12.2 Å². The van der Waals surface area contributed by atoms with Crippen LogP contribution >= 0.6 is 15.9 Å². The quantitative estimate of drug-likeness (QED) is 0.673. The average molecular weight is 277 g/mol. The van der Waals surface area contributed by atoms with Crippen molar-refractivity contribution < 1.29 is 9.53 Å². The second-order valence-electron chi connectivity index (χ2n) is 2.49. The molecule has 0 aliphatic heterocycles. The van der Waals surface area contributed by atoms with E-state index in [9.17, 15) is 9.59 Å². The molecular weight excluding hydrogens is 268 g/mol. The van der Waals surface area contributed by atoms with E-state index in [1.54, 1.807) is 0 Å². The number of carbonyl (C=O) groups excluding carboxylic acids is 1. The molecule has 0 aromatic carbocycles. The van der Waals surface area contributed by atoms with Crippen LogP contribution in [-0.4, -0.2) is 29.2 Å². The number of primary amides is 1. The van der Waals surface area contributed by atoms with Crippen molar-refractivity contribution in [3.05, 3.63) is 21.2 Å². The summed E-state index contributed by atoms with van der Waals surface area (Å²) >= 11 is 3.06. The number of hydrogen-bond acceptors (Lipinski definition) is 5. The first kappa shape index (κ1) is 11.5. The van der Waals surface area contributed by atoms with Crippen molar-refractivity contribution in [2.45, 2.75) is 0 Å². The molecule has 15 heavy (non-hydrogen) atoms. The van der Waals surface area contributed by atoms with E-state index in [4.69, 9.17) is 5.73 Å². The zero-order valence-electron chi connectivity index (χ0n) is 7.62. The van der Waals surface area contributed by atoms with Crippen molar-refractivity contribution in [2.24, 2.45) is 5.73 Å². The van der Waals surface area contributed by atoms with Crippen LogP contribution in [0.1, 0.15) is 0 Å². The highest BCUT2D eigenvalue weighted by atomic mass is 79.9. The largest absolute Gasteiger partial charge is 0.448 e. The van der Waals surface area contributed by atoms with E-state index in [1.165, 1.54) is 6.33 Å². The molecule has 0 unspecified atom stereocenters. The van der Waals surface area contributed by atoms with Gasteiger partial charge in [0.15, 0.2) is 0 Å². The van der Waals surface area contributed by atoms with E-state index in [2.05, 4.69) is 36.0 Å². The summed E-state index contributed by atoms with van der Waals surface area (Å²) in [6.07, 6.45) is 0.430. The first-order valence-electron chi connectivity index (χ1n) is 4.00. The fraction of sp³-hybridized carbons (Fsp3) is 0.286. The van der Waals surface area contributed by atoms with Crippen LogP contribution in [0.15, 0.2) is 15.6 Å². The molecule has 1 heterocycles. The molecule has 0 bridgehead atoms. The van der Waals surface area contributed by atoms with Gasteiger partial charge in [-0.25, -0.2) is 9.78 Å². The maximum absolute atomic E-state index is 11.1. The summed E-state index contributed by atoms with van der Waals surface area (Å²) < 4.78 is 4.78. The van der Waals surface area contributed by atoms with Crippen molar-refractivity contribution in [2.75, 3.05) is 18.5 Å². The molecule has 0 fully saturated rings. The lowest BCUT2D eigenvalue weighted by molar-refractivity contribution is 0.161. The number of halogens is 1. The monoisotopic (exact) mass is 276 g/mol. The first-order valence-corrected chi connectivity index (χ1v) is 4.80. The standard InChI is InChI=1S/C7H9BrN4O3/c8-4-5(11-3-12-6(4)13)10-1-2-15-7(9)14/h3H,1-2H2,(H2,9,14)(H2,10,11,12,13). The Hall–Kier alpha value is -1.57. The molecule has 0 radical (unpaired) electrons. The van der Waals surface area contributed by atoms with Crippen LogP contribution in [0, 0.1) is 0 Å². The van der Waals surface area contributed by atoms with E-state index in [0.717, 1.165) is 0 Å². The Morgan fingerprint density at radius 2 is 2.47 bits per heavy atom. The summed E-state index contributed by atoms with van der Waals surface area (Å²) in [4.78, 5) is 27.6. The highest BCUT2D eigenvalue weighted by Gasteiger charge is 2.03. The second kappa shape index (κ2) is 5.35. The number of amides is 1. The Morgan fingerprint density at radius 3 is 3.13 bits per heavy atom. The van der Waals surface area contributed by atoms with Crippen LogP contribution < -0.4 is 16.6 Å². The van der Waals surface area contributed by atoms with Gasteiger partial charge in [-0.1, -0.05) is 0 Å². The second-order valence-corrected chi connectivity index (χ2v) is 3.28. The van der Waals surface area contributed by atoms with Crippen molar-refractivity contribution in [3.63, 3.8) is 0 Å². The number of nitrogens with one attached hydrogen (secondary N) is 2. The smallest absolute Gasteiger partial charge is 0.404 e. The Labute approximate surface area is 93.2 Å². The van der Waals surface area contributed by atoms with Gasteiger partial charge in [-0.3, -0.25) is 4.79 Å². The Kier molecular flexibility index (Phi) is 4.10. The summed E-state index contributed by atoms with van der Waals surface area (Å²) in [7, 11) is 0. The SMILES string of the molecule is NC(=O)OCCNc1nc[nH]c(=O)c1Br. The van der Waals surface area contributed by atoms with Gasteiger partial charge in [-0.2, -0.15) is 0 Å². The minimum atomic E-state index is -0.838. The summed E-state index contributed by atoms with van der Waals surface area (Å²) in [5, 5.41) is 2.80. The number of anilines is 1. The topological polar surface area (TPSA) is 110 Å². The van der Waals surface area contributed by atoms with Crippen molar-refractivity contribution in [1.29, 1.82) is 0 Å². The molecule has 7 nitrogen and oxygen atoms in total. The van der Waals surface area contributed by atoms with Gasteiger partial charge in [0.2, 0.25) is 0 Å². The molecule has 1 rings (SSSR count). The molecule has 1 aromatic rings. The molecule has 0 spiro atoms. The number of ether oxygens (including phenoxy) is 1. The van der Waals surface area contributed by atoms with Crippen LogP contribution in [-0.2, 0) is 4.74 Å². The zero-order chi connectivity index (χ0) is 11.3. The van der Waals surface area contributed by atoms with Crippen molar-refractivity contribution in [1.82, 2.24) is 9.97 Å². The van der Waals surface area contributed by atoms with Crippen molar-refractivity contribution >= 4 is 27.8 Å². The third-order valence-corrected chi connectivity index (χ3v) is 2.17. The van der Waals surface area contributed by atoms with Crippen LogP contribution in [0.3, 0.4) is 0 Å². The van der Waals surface area contributed by atoms with Gasteiger partial charge in [0.05, 0.1) is 12.9 Å². The third kappa shape index (κ3) is 3.58. The number of H-pyrrole nitrogens is 1. The van der Waals surface area contributed by atoms with Gasteiger partial charge >= 0.3 is 6.09 Å². The van der Waals surface area contributed by atoms with Crippen LogP contribution in [0.2, 0.25) is 0 Å². The zero-order valence-corrected chi connectivity index (χ0v) is 9.20. The molecule has 1 aromatic heterocycles. The van der Waals surface area contributed by atoms with Gasteiger partial charge in [-0.05, 0) is 15.9 Å². The normalized spacial score (nSPS) is 9.67. The lowest BCUT2D eigenvalue weighted by Gasteiger charge is -2.05. The van der Waals surface area contributed by atoms with Crippen molar-refractivity contribution in [3.8, 4) is 0 Å². The number of rotatable bonds is 4. The summed E-state index contributed by atoms with van der Waals surface area (Å²) in [5.74, 6) is 0.381. The van der Waals surface area contributed by atoms with Gasteiger partial charge in [-0.15, -0.1) is 0 Å². The Morgan fingerprint density at radius 1 is 1.73 bits per heavy atom. The number of aromatic nitrogens is 2. The minimum Gasteiger partial charge on any atom is -0.448 e. The number of hydrogen-bond donors (Lipinski definition) is 3. The van der Waals surface area contributed by atoms with Crippen LogP contribution in [0.25, 0.3) is 0 Å². The maximum atomic E-state index is 11.1. The molecule has 8 heteroatoms. The number of nitrogens with zero attached hydrogens (tertiary/aromatic N) is 1. The number of carbonyl (C=O) groups is 1. The molecular formula is C7H9BrN4O3. The van der Waals surface area contributed by atoms with E-state index in [1.807, 2.05) is 0 Å². The predicted octanol–water partition coefficient (Wildman–Crippen LogP) is 0.0396. The summed E-state index contributed by atoms with van der Waals surface area (Å²) in [6.45, 7) is 0.425. The molecule has 0 aliphatic rings. The van der Waals surface area contributed by atoms with Crippen LogP contribution in [0.4, 0.5) is 10.6 Å². The maximum Gasteiger partial charge on any atom is 0.404 e. The molecule has 0 saturated carbocycles. The molecule has 1 amide bonds.